The number of esters is 1. The Balaban J connectivity index is 1.37. The highest BCUT2D eigenvalue weighted by Gasteiger charge is 2.59. The van der Waals surface area contributed by atoms with Gasteiger partial charge >= 0.3 is 12.1 Å². The van der Waals surface area contributed by atoms with Gasteiger partial charge in [0.1, 0.15) is 18.7 Å². The van der Waals surface area contributed by atoms with Crippen LogP contribution in [-0.4, -0.2) is 43.8 Å². The lowest BCUT2D eigenvalue weighted by Gasteiger charge is -2.58. The summed E-state index contributed by atoms with van der Waals surface area (Å²) in [6.07, 6.45) is 15.7. The predicted octanol–water partition coefficient (Wildman–Crippen LogP) is 7.83. The van der Waals surface area contributed by atoms with Crippen molar-refractivity contribution >= 4 is 18.0 Å². The zero-order valence-corrected chi connectivity index (χ0v) is 29.0. The molecule has 3 fully saturated rings. The molecule has 44 heavy (non-hydrogen) atoms. The van der Waals surface area contributed by atoms with Crippen molar-refractivity contribution in [1.82, 2.24) is 10.6 Å². The van der Waals surface area contributed by atoms with Crippen LogP contribution in [0.2, 0.25) is 0 Å². The molecule has 0 aromatic heterocycles. The van der Waals surface area contributed by atoms with Gasteiger partial charge in [0, 0.05) is 6.42 Å². The number of alkyl carbamates (subject to hydrolysis) is 1. The lowest BCUT2D eigenvalue weighted by molar-refractivity contribution is -0.155. The Morgan fingerprint density at radius 2 is 1.70 bits per heavy atom. The molecular formula is C37H62N2O5. The standard InChI is InChI=1S/C37H62N2O5/c1-23(2)10-9-11-25(5)29-14-15-30-28-13-12-26-21-27(16-18-36(26,6)31(28)17-19-37(29,30)7)44-34(41)32(20-24(3)4)39-33(40)22-38-35(42)43-8/h12,23-25,27-32H,9-11,13-22H2,1-8H3,(H,38,42)(H,39,40)/t25-,27+,28+,29-,30+,31+,32?,36+,37-/m1/s1. The maximum absolute atomic E-state index is 13.3. The van der Waals surface area contributed by atoms with Crippen LogP contribution in [0.15, 0.2) is 11.6 Å². The van der Waals surface area contributed by atoms with Crippen LogP contribution in [-0.2, 0) is 19.1 Å². The Labute approximate surface area is 267 Å². The summed E-state index contributed by atoms with van der Waals surface area (Å²) in [6.45, 7) is 16.2. The molecule has 1 unspecified atom stereocenters. The largest absolute Gasteiger partial charge is 0.461 e. The minimum Gasteiger partial charge on any atom is -0.461 e. The second-order valence-electron chi connectivity index (χ2n) is 16.2. The van der Waals surface area contributed by atoms with Crippen molar-refractivity contribution in [3.8, 4) is 0 Å². The number of fused-ring (bicyclic) bond motifs is 5. The van der Waals surface area contributed by atoms with E-state index in [1.807, 2.05) is 13.8 Å². The molecule has 0 bridgehead atoms. The van der Waals surface area contributed by atoms with E-state index in [-0.39, 0.29) is 30.0 Å². The summed E-state index contributed by atoms with van der Waals surface area (Å²) in [7, 11) is 1.25. The van der Waals surface area contributed by atoms with E-state index in [0.717, 1.165) is 54.8 Å². The van der Waals surface area contributed by atoms with Crippen molar-refractivity contribution < 1.29 is 23.9 Å². The molecule has 250 valence electrons. The van der Waals surface area contributed by atoms with Crippen molar-refractivity contribution in [2.24, 2.45) is 52.3 Å². The number of nitrogens with one attached hydrogen (secondary N) is 2. The van der Waals surface area contributed by atoms with Crippen molar-refractivity contribution in [3.63, 3.8) is 0 Å². The summed E-state index contributed by atoms with van der Waals surface area (Å²) < 4.78 is 10.6. The average Bonchev–Trinajstić information content (AvgIpc) is 3.32. The van der Waals surface area contributed by atoms with Crippen LogP contribution in [0.4, 0.5) is 4.79 Å². The number of carbonyl (C=O) groups excluding carboxylic acids is 3. The fourth-order valence-corrected chi connectivity index (χ4v) is 10.2. The van der Waals surface area contributed by atoms with E-state index in [1.165, 1.54) is 64.0 Å². The average molecular weight is 615 g/mol. The molecule has 0 aromatic rings. The molecule has 0 radical (unpaired) electrons. The Morgan fingerprint density at radius 1 is 0.955 bits per heavy atom. The molecule has 7 heteroatoms. The van der Waals surface area contributed by atoms with Crippen LogP contribution in [0, 0.1) is 52.3 Å². The second kappa shape index (κ2) is 14.6. The Bertz CT molecular complexity index is 1050. The molecule has 0 heterocycles. The van der Waals surface area contributed by atoms with E-state index in [4.69, 9.17) is 4.74 Å². The first-order valence-electron chi connectivity index (χ1n) is 17.8. The molecule has 2 N–H and O–H groups in total. The molecular weight excluding hydrogens is 552 g/mol. The van der Waals surface area contributed by atoms with Crippen molar-refractivity contribution in [2.45, 2.75) is 138 Å². The van der Waals surface area contributed by atoms with Crippen molar-refractivity contribution in [2.75, 3.05) is 13.7 Å². The van der Waals surface area contributed by atoms with Gasteiger partial charge in [0.2, 0.25) is 5.91 Å². The first kappa shape index (κ1) is 34.8. The molecule has 0 spiro atoms. The maximum atomic E-state index is 13.3. The molecule has 4 rings (SSSR count). The lowest BCUT2D eigenvalue weighted by Crippen LogP contribution is -2.51. The van der Waals surface area contributed by atoms with Gasteiger partial charge in [0.15, 0.2) is 0 Å². The van der Waals surface area contributed by atoms with Crippen LogP contribution >= 0.6 is 0 Å². The molecule has 0 saturated heterocycles. The lowest BCUT2D eigenvalue weighted by atomic mass is 9.47. The topological polar surface area (TPSA) is 93.7 Å². The molecule has 2 amide bonds. The Kier molecular flexibility index (Phi) is 11.5. The SMILES string of the molecule is COC(=O)NCC(=O)NC(CC(C)C)C(=O)O[C@H]1CC[C@@]2(C)C(=CC[C@H]3[C@@H]4CC[C@H]([C@H](C)CCCC(C)C)[C@@]4(C)CC[C@@H]32)C1. The number of hydrogen-bond acceptors (Lipinski definition) is 5. The number of allylic oxidation sites excluding steroid dienone is 1. The fourth-order valence-electron chi connectivity index (χ4n) is 10.2. The third-order valence-corrected chi connectivity index (χ3v) is 12.4. The quantitative estimate of drug-likeness (QED) is 0.173. The summed E-state index contributed by atoms with van der Waals surface area (Å²) in [4.78, 5) is 37.1. The van der Waals surface area contributed by atoms with Gasteiger partial charge in [-0.2, -0.15) is 0 Å². The van der Waals surface area contributed by atoms with E-state index >= 15 is 0 Å². The van der Waals surface area contributed by atoms with Gasteiger partial charge in [-0.1, -0.05) is 79.4 Å². The first-order valence-corrected chi connectivity index (χ1v) is 17.8. The zero-order chi connectivity index (χ0) is 32.2. The van der Waals surface area contributed by atoms with Crippen LogP contribution in [0.5, 0.6) is 0 Å². The molecule has 0 aliphatic heterocycles. The fraction of sp³-hybridized carbons (Fsp3) is 0.865. The molecule has 0 aromatic carbocycles. The number of rotatable bonds is 12. The normalized spacial score (nSPS) is 34.2. The number of hydrogen-bond donors (Lipinski definition) is 2. The summed E-state index contributed by atoms with van der Waals surface area (Å²) in [6, 6.07) is -0.737. The van der Waals surface area contributed by atoms with Crippen LogP contribution < -0.4 is 10.6 Å². The summed E-state index contributed by atoms with van der Waals surface area (Å²) in [5.41, 5.74) is 2.17. The van der Waals surface area contributed by atoms with Crippen molar-refractivity contribution in [1.29, 1.82) is 0 Å². The Hall–Kier alpha value is -2.05. The molecule has 4 aliphatic carbocycles. The van der Waals surface area contributed by atoms with Gasteiger partial charge in [-0.3, -0.25) is 4.79 Å². The summed E-state index contributed by atoms with van der Waals surface area (Å²) >= 11 is 0. The smallest absolute Gasteiger partial charge is 0.407 e. The van der Waals surface area contributed by atoms with E-state index < -0.39 is 18.0 Å². The molecule has 3 saturated carbocycles. The van der Waals surface area contributed by atoms with Crippen LogP contribution in [0.3, 0.4) is 0 Å². The minimum atomic E-state index is -0.737. The molecule has 9 atom stereocenters. The van der Waals surface area contributed by atoms with Crippen LogP contribution in [0.1, 0.15) is 126 Å². The third kappa shape index (κ3) is 7.66. The Morgan fingerprint density at radius 3 is 2.39 bits per heavy atom. The third-order valence-electron chi connectivity index (χ3n) is 12.4. The van der Waals surface area contributed by atoms with Crippen LogP contribution in [0.25, 0.3) is 0 Å². The van der Waals surface area contributed by atoms with Gasteiger partial charge in [-0.15, -0.1) is 0 Å². The van der Waals surface area contributed by atoms with Gasteiger partial charge in [0.05, 0.1) is 7.11 Å². The van der Waals surface area contributed by atoms with E-state index in [0.29, 0.717) is 11.8 Å². The highest BCUT2D eigenvalue weighted by atomic mass is 16.5. The van der Waals surface area contributed by atoms with Gasteiger partial charge < -0.3 is 20.1 Å². The molecule has 7 nitrogen and oxygen atoms in total. The highest BCUT2D eigenvalue weighted by Crippen LogP contribution is 2.67. The van der Waals surface area contributed by atoms with E-state index in [2.05, 4.69) is 56.1 Å². The van der Waals surface area contributed by atoms with E-state index in [1.54, 1.807) is 0 Å². The number of methoxy groups -OCH3 is 1. The number of carbonyl (C=O) groups is 3. The zero-order valence-electron chi connectivity index (χ0n) is 29.0. The van der Waals surface area contributed by atoms with E-state index in [9.17, 15) is 14.4 Å². The number of ether oxygens (including phenoxy) is 2. The van der Waals surface area contributed by atoms with Crippen molar-refractivity contribution in [3.05, 3.63) is 11.6 Å². The monoisotopic (exact) mass is 614 g/mol. The number of amides is 2. The second-order valence-corrected chi connectivity index (χ2v) is 16.2. The predicted molar refractivity (Wildman–Crippen MR) is 175 cm³/mol. The van der Waals surface area contributed by atoms with Gasteiger partial charge in [0.25, 0.3) is 0 Å². The van der Waals surface area contributed by atoms with Gasteiger partial charge in [-0.25, -0.2) is 9.59 Å². The first-order chi connectivity index (χ1) is 20.8. The molecule has 4 aliphatic rings. The highest BCUT2D eigenvalue weighted by molar-refractivity contribution is 5.87. The summed E-state index contributed by atoms with van der Waals surface area (Å²) in [5, 5.41) is 5.14. The maximum Gasteiger partial charge on any atom is 0.407 e. The van der Waals surface area contributed by atoms with Gasteiger partial charge in [-0.05, 0) is 104 Å². The summed E-state index contributed by atoms with van der Waals surface area (Å²) in [5.74, 6) is 4.22. The minimum absolute atomic E-state index is 0.158.